The summed E-state index contributed by atoms with van der Waals surface area (Å²) in [5.41, 5.74) is 0. The number of nitrogens with one attached hydrogen (secondary N) is 1. The van der Waals surface area contributed by atoms with Crippen molar-refractivity contribution in [2.24, 2.45) is 0 Å². The Bertz CT molecular complexity index is 595. The Hall–Kier alpha value is -1.21. The van der Waals surface area contributed by atoms with Crippen LogP contribution in [0, 0.1) is 0 Å². The lowest BCUT2D eigenvalue weighted by Crippen LogP contribution is -2.53. The highest BCUT2D eigenvalue weighted by Crippen LogP contribution is 2.14. The maximum atomic E-state index is 12.3. The molecule has 0 saturated heterocycles. The average molecular weight is 554 g/mol. The van der Waals surface area contributed by atoms with Gasteiger partial charge < -0.3 is 25.7 Å². The van der Waals surface area contributed by atoms with Crippen LogP contribution < -0.4 is 5.32 Å². The summed E-state index contributed by atoms with van der Waals surface area (Å²) >= 11 is 0. The van der Waals surface area contributed by atoms with E-state index in [1.54, 1.807) is 6.08 Å². The van der Waals surface area contributed by atoms with Gasteiger partial charge in [-0.3, -0.25) is 4.79 Å². The van der Waals surface area contributed by atoms with Gasteiger partial charge in [0.2, 0.25) is 5.91 Å². The molecule has 0 aliphatic heterocycles. The molecule has 4 unspecified atom stereocenters. The third-order valence-electron chi connectivity index (χ3n) is 7.43. The molecule has 1 amide bonds. The Morgan fingerprint density at radius 3 is 1.69 bits per heavy atom. The fraction of sp³-hybridized carbons (Fsp3) is 0.848. The molecule has 230 valence electrons. The summed E-state index contributed by atoms with van der Waals surface area (Å²) < 4.78 is 0. The molecule has 0 aliphatic carbocycles. The van der Waals surface area contributed by atoms with E-state index in [0.29, 0.717) is 6.42 Å². The van der Waals surface area contributed by atoms with E-state index < -0.39 is 36.9 Å². The van der Waals surface area contributed by atoms with Gasteiger partial charge in [0.15, 0.2) is 0 Å². The number of carbonyl (C=O) groups excluding carboxylic acids is 1. The number of rotatable bonds is 28. The van der Waals surface area contributed by atoms with Gasteiger partial charge in [0.25, 0.3) is 0 Å². The molecule has 5 N–H and O–H groups in total. The van der Waals surface area contributed by atoms with Crippen LogP contribution in [0.5, 0.6) is 0 Å². The molecule has 0 aliphatic rings. The fourth-order valence-corrected chi connectivity index (χ4v) is 4.74. The van der Waals surface area contributed by atoms with Crippen molar-refractivity contribution in [2.45, 2.75) is 173 Å². The van der Waals surface area contributed by atoms with Crippen molar-refractivity contribution in [1.29, 1.82) is 0 Å². The lowest BCUT2D eigenvalue weighted by atomic mass is 9.99. The lowest BCUT2D eigenvalue weighted by Gasteiger charge is -2.27. The molecular formula is C33H63NO5. The van der Waals surface area contributed by atoms with E-state index in [2.05, 4.69) is 31.3 Å². The summed E-state index contributed by atoms with van der Waals surface area (Å²) in [6, 6.07) is -1.01. The molecule has 4 atom stereocenters. The molecular weight excluding hydrogens is 490 g/mol. The maximum Gasteiger partial charge on any atom is 0.249 e. The Balaban J connectivity index is 4.00. The maximum absolute atomic E-state index is 12.3. The topological polar surface area (TPSA) is 110 Å². The van der Waals surface area contributed by atoms with Gasteiger partial charge in [-0.05, 0) is 25.7 Å². The highest BCUT2D eigenvalue weighted by Gasteiger charge is 2.28. The van der Waals surface area contributed by atoms with Crippen molar-refractivity contribution in [3.05, 3.63) is 24.3 Å². The summed E-state index contributed by atoms with van der Waals surface area (Å²) in [4.78, 5) is 12.3. The van der Waals surface area contributed by atoms with E-state index in [9.17, 15) is 25.2 Å². The summed E-state index contributed by atoms with van der Waals surface area (Å²) in [7, 11) is 0. The highest BCUT2D eigenvalue weighted by molar-refractivity contribution is 5.81. The molecule has 39 heavy (non-hydrogen) atoms. The Morgan fingerprint density at radius 2 is 1.15 bits per heavy atom. The van der Waals surface area contributed by atoms with Crippen LogP contribution >= 0.6 is 0 Å². The molecule has 0 fully saturated rings. The fourth-order valence-electron chi connectivity index (χ4n) is 4.74. The van der Waals surface area contributed by atoms with Crippen LogP contribution in [0.15, 0.2) is 24.3 Å². The Morgan fingerprint density at radius 1 is 0.667 bits per heavy atom. The number of allylic oxidation sites excluding steroid dienone is 3. The molecule has 0 saturated carbocycles. The molecule has 0 bridgehead atoms. The molecule has 6 heteroatoms. The van der Waals surface area contributed by atoms with E-state index in [-0.39, 0.29) is 6.42 Å². The zero-order chi connectivity index (χ0) is 29.0. The van der Waals surface area contributed by atoms with Gasteiger partial charge in [-0.2, -0.15) is 0 Å². The number of unbranched alkanes of at least 4 members (excludes halogenated alkanes) is 16. The number of aliphatic hydroxyl groups excluding tert-OH is 4. The van der Waals surface area contributed by atoms with Gasteiger partial charge in [0, 0.05) is 6.42 Å². The van der Waals surface area contributed by atoms with E-state index in [1.807, 2.05) is 6.08 Å². The summed E-state index contributed by atoms with van der Waals surface area (Å²) in [6.07, 6.45) is 27.8. The van der Waals surface area contributed by atoms with E-state index >= 15 is 0 Å². The number of hydrogen-bond acceptors (Lipinski definition) is 5. The van der Waals surface area contributed by atoms with Gasteiger partial charge >= 0.3 is 0 Å². The summed E-state index contributed by atoms with van der Waals surface area (Å²) in [6.45, 7) is 3.96. The van der Waals surface area contributed by atoms with Crippen LogP contribution in [-0.4, -0.2) is 57.3 Å². The SMILES string of the molecule is CCCCCCCC/C=C\C/C=C\CC(O)C(=O)NC(CO)C(O)C(O)CCCCCCCCCCCCC. The second-order valence-corrected chi connectivity index (χ2v) is 11.2. The van der Waals surface area contributed by atoms with Crippen LogP contribution in [0.2, 0.25) is 0 Å². The number of amides is 1. The monoisotopic (exact) mass is 553 g/mol. The molecule has 0 heterocycles. The first-order chi connectivity index (χ1) is 19.0. The van der Waals surface area contributed by atoms with Crippen LogP contribution in [0.3, 0.4) is 0 Å². The van der Waals surface area contributed by atoms with E-state index in [0.717, 1.165) is 32.1 Å². The second kappa shape index (κ2) is 28.3. The first-order valence-electron chi connectivity index (χ1n) is 16.2. The minimum absolute atomic E-state index is 0.159. The molecule has 0 aromatic carbocycles. The van der Waals surface area contributed by atoms with Gasteiger partial charge in [-0.15, -0.1) is 0 Å². The second-order valence-electron chi connectivity index (χ2n) is 11.2. The van der Waals surface area contributed by atoms with Crippen molar-refractivity contribution in [1.82, 2.24) is 5.32 Å². The van der Waals surface area contributed by atoms with Crippen LogP contribution in [0.4, 0.5) is 0 Å². The van der Waals surface area contributed by atoms with Crippen LogP contribution in [0.25, 0.3) is 0 Å². The van der Waals surface area contributed by atoms with E-state index in [1.165, 1.54) is 89.9 Å². The zero-order valence-electron chi connectivity index (χ0n) is 25.4. The largest absolute Gasteiger partial charge is 0.394 e. The number of aliphatic hydroxyl groups is 4. The van der Waals surface area contributed by atoms with Crippen molar-refractivity contribution < 1.29 is 25.2 Å². The van der Waals surface area contributed by atoms with Crippen molar-refractivity contribution in [3.63, 3.8) is 0 Å². The van der Waals surface area contributed by atoms with Crippen LogP contribution in [0.1, 0.15) is 149 Å². The Labute approximate surface area is 240 Å². The van der Waals surface area contributed by atoms with Crippen molar-refractivity contribution in [3.8, 4) is 0 Å². The zero-order valence-corrected chi connectivity index (χ0v) is 25.4. The number of carbonyl (C=O) groups is 1. The van der Waals surface area contributed by atoms with Gasteiger partial charge in [0.1, 0.15) is 12.2 Å². The van der Waals surface area contributed by atoms with Crippen molar-refractivity contribution >= 4 is 5.91 Å². The molecule has 0 rings (SSSR count). The first-order valence-corrected chi connectivity index (χ1v) is 16.2. The minimum Gasteiger partial charge on any atom is -0.394 e. The van der Waals surface area contributed by atoms with Gasteiger partial charge in [-0.1, -0.05) is 141 Å². The predicted octanol–water partition coefficient (Wildman–Crippen LogP) is 6.89. The van der Waals surface area contributed by atoms with E-state index in [4.69, 9.17) is 0 Å². The molecule has 0 radical (unpaired) electrons. The predicted molar refractivity (Wildman–Crippen MR) is 164 cm³/mol. The summed E-state index contributed by atoms with van der Waals surface area (Å²) in [5.74, 6) is -0.654. The third kappa shape index (κ3) is 23.2. The first kappa shape index (κ1) is 37.8. The van der Waals surface area contributed by atoms with Gasteiger partial charge in [-0.25, -0.2) is 0 Å². The van der Waals surface area contributed by atoms with Crippen LogP contribution in [-0.2, 0) is 4.79 Å². The standard InChI is InChI=1S/C33H63NO5/c1-3-5-7-9-11-13-15-17-19-21-23-25-27-31(37)33(39)34-29(28-35)32(38)30(36)26-24-22-20-18-16-14-12-10-8-6-4-2/h17,19,23,25,29-32,35-38H,3-16,18,20-22,24,26-28H2,1-2H3,(H,34,39)/b19-17-,25-23-. The molecule has 0 spiro atoms. The normalized spacial score (nSPS) is 15.1. The average Bonchev–Trinajstić information content (AvgIpc) is 2.94. The van der Waals surface area contributed by atoms with Crippen molar-refractivity contribution in [2.75, 3.05) is 6.61 Å². The third-order valence-corrected chi connectivity index (χ3v) is 7.43. The quantitative estimate of drug-likeness (QED) is 0.0535. The Kier molecular flexibility index (Phi) is 27.4. The smallest absolute Gasteiger partial charge is 0.249 e. The minimum atomic E-state index is -1.28. The number of hydrogen-bond donors (Lipinski definition) is 5. The summed E-state index contributed by atoms with van der Waals surface area (Å²) in [5, 5.41) is 43.1. The van der Waals surface area contributed by atoms with Gasteiger partial charge in [0.05, 0.1) is 18.8 Å². The molecule has 6 nitrogen and oxygen atoms in total. The highest BCUT2D eigenvalue weighted by atomic mass is 16.3. The molecule has 0 aromatic heterocycles. The molecule has 0 aromatic rings. The lowest BCUT2D eigenvalue weighted by molar-refractivity contribution is -0.132.